The molecule has 0 amide bonds. The molecule has 0 bridgehead atoms. The molecule has 6 aromatic carbocycles. The summed E-state index contributed by atoms with van der Waals surface area (Å²) >= 11 is 1.46. The third-order valence-corrected chi connectivity index (χ3v) is 8.78. The Hall–Kier alpha value is -4.69. The summed E-state index contributed by atoms with van der Waals surface area (Å²) in [6.45, 7) is 2.27. The molecule has 246 valence electrons. The quantitative estimate of drug-likeness (QED) is 0.100. The fourth-order valence-corrected chi connectivity index (χ4v) is 5.98. The van der Waals surface area contributed by atoms with Gasteiger partial charge in [0.2, 0.25) is 0 Å². The Kier molecular flexibility index (Phi) is 16.1. The minimum absolute atomic E-state index is 0.359. The van der Waals surface area contributed by atoms with Crippen LogP contribution in [0.4, 0.5) is 0 Å². The van der Waals surface area contributed by atoms with Gasteiger partial charge in [-0.1, -0.05) is 109 Å². The number of carbonyl (C=O) groups is 3. The van der Waals surface area contributed by atoms with Gasteiger partial charge in [0.1, 0.15) is 0 Å². The van der Waals surface area contributed by atoms with E-state index in [1.54, 1.807) is 36.4 Å². The molecule has 0 saturated carbocycles. The van der Waals surface area contributed by atoms with Gasteiger partial charge in [0.05, 0.1) is 16.7 Å². The van der Waals surface area contributed by atoms with Gasteiger partial charge < -0.3 is 15.3 Å². The number of hydrogen-bond donors (Lipinski definition) is 3. The van der Waals surface area contributed by atoms with Crippen molar-refractivity contribution < 1.29 is 29.7 Å². The van der Waals surface area contributed by atoms with Crippen LogP contribution < -0.4 is 0 Å². The van der Waals surface area contributed by atoms with Gasteiger partial charge in [-0.25, -0.2) is 14.4 Å². The topological polar surface area (TPSA) is 112 Å². The van der Waals surface area contributed by atoms with Gasteiger partial charge >= 0.3 is 90.3 Å². The maximum absolute atomic E-state index is 10.8. The molecule has 0 aliphatic rings. The Morgan fingerprint density at radius 2 is 0.729 bits per heavy atom. The molecular weight excluding hydrogens is 707 g/mol. The first-order valence-corrected chi connectivity index (χ1v) is 18.4. The predicted octanol–water partition coefficient (Wildman–Crippen LogP) is 10.3. The van der Waals surface area contributed by atoms with Gasteiger partial charge in [0, 0.05) is 0 Å². The smallest absolute Gasteiger partial charge is 0.336 e. The molecule has 0 fully saturated rings. The van der Waals surface area contributed by atoms with Crippen LogP contribution in [0.5, 0.6) is 0 Å². The molecule has 0 aromatic heterocycles. The van der Waals surface area contributed by atoms with Crippen LogP contribution in [0.2, 0.25) is 4.44 Å². The molecule has 6 rings (SSSR count). The van der Waals surface area contributed by atoms with E-state index in [-0.39, 0.29) is 0 Å². The second-order valence-corrected chi connectivity index (χ2v) is 12.7. The number of rotatable bonds is 9. The minimum atomic E-state index is -0.878. The van der Waals surface area contributed by atoms with Crippen LogP contribution in [-0.4, -0.2) is 55.8 Å². The van der Waals surface area contributed by atoms with Crippen molar-refractivity contribution in [2.45, 2.75) is 49.9 Å². The third-order valence-electron chi connectivity index (χ3n) is 7.62. The van der Waals surface area contributed by atoms with E-state index < -0.39 is 17.9 Å². The molecule has 2 radical (unpaired) electrons. The van der Waals surface area contributed by atoms with Crippen molar-refractivity contribution in [3.63, 3.8) is 0 Å². The summed E-state index contributed by atoms with van der Waals surface area (Å²) in [5.41, 5.74) is 1.08. The van der Waals surface area contributed by atoms with E-state index in [1.165, 1.54) is 65.5 Å². The molecule has 0 aliphatic heterocycles. The fraction of sp³-hybridized carbons (Fsp3) is 0.195. The molecule has 3 N–H and O–H groups in total. The number of carboxylic acids is 3. The molecule has 0 spiro atoms. The second kappa shape index (κ2) is 20.5. The van der Waals surface area contributed by atoms with Crippen LogP contribution in [0.25, 0.3) is 32.3 Å². The molecule has 6 nitrogen and oxygen atoms in total. The molecule has 48 heavy (non-hydrogen) atoms. The standard InChI is InChI=1S/3C11H8O2.C8H17.Sn.H/c3*12-11(13)10-7-3-5-8-4-1-2-6-9(8)10;1-3-5-7-8-6-4-2;;/h3*1-7H,(H,12,13);1,3-8H2,2H3;;. The zero-order chi connectivity index (χ0) is 34.7. The van der Waals surface area contributed by atoms with Crippen molar-refractivity contribution >= 4 is 72.8 Å². The van der Waals surface area contributed by atoms with Gasteiger partial charge in [-0.2, -0.15) is 0 Å². The zero-order valence-electron chi connectivity index (χ0n) is 27.2. The van der Waals surface area contributed by atoms with Crippen molar-refractivity contribution in [3.8, 4) is 0 Å². The van der Waals surface area contributed by atoms with E-state index in [0.717, 1.165) is 32.3 Å². The Balaban J connectivity index is 0.000000176. The summed E-state index contributed by atoms with van der Waals surface area (Å²) in [6.07, 6.45) is 8.75. The van der Waals surface area contributed by atoms with Crippen LogP contribution in [0.3, 0.4) is 0 Å². The normalized spacial score (nSPS) is 10.1. The SMILES string of the molecule is CCCCCCC[CH2][SnH].O=C(O)c1cccc2ccccc12.O=C(O)c1cccc2ccccc12.O=C(O)c1cccc2ccccc12. The van der Waals surface area contributed by atoms with Gasteiger partial charge in [0.25, 0.3) is 0 Å². The van der Waals surface area contributed by atoms with Crippen molar-refractivity contribution in [1.29, 1.82) is 0 Å². The summed E-state index contributed by atoms with van der Waals surface area (Å²) in [6, 6.07) is 38.2. The molecule has 0 saturated heterocycles. The van der Waals surface area contributed by atoms with E-state index >= 15 is 0 Å². The predicted molar refractivity (Wildman–Crippen MR) is 198 cm³/mol. The number of unbranched alkanes of at least 4 members (excludes halogenated alkanes) is 5. The number of hydrogen-bond acceptors (Lipinski definition) is 3. The number of fused-ring (bicyclic) bond motifs is 3. The molecule has 0 atom stereocenters. The summed E-state index contributed by atoms with van der Waals surface area (Å²) < 4.78 is 1.50. The first-order valence-electron chi connectivity index (χ1n) is 16.1. The molecule has 0 aliphatic carbocycles. The Bertz CT molecular complexity index is 1700. The Morgan fingerprint density at radius 1 is 0.438 bits per heavy atom. The van der Waals surface area contributed by atoms with Gasteiger partial charge in [-0.05, 0) is 50.5 Å². The Labute approximate surface area is 295 Å². The van der Waals surface area contributed by atoms with Crippen LogP contribution in [-0.2, 0) is 0 Å². The van der Waals surface area contributed by atoms with E-state index in [4.69, 9.17) is 15.3 Å². The molecule has 0 heterocycles. The number of carboxylic acid groups (broad SMARTS) is 3. The Morgan fingerprint density at radius 3 is 1.04 bits per heavy atom. The van der Waals surface area contributed by atoms with Crippen LogP contribution in [0, 0.1) is 0 Å². The maximum atomic E-state index is 10.8. The average molecular weight is 749 g/mol. The zero-order valence-corrected chi connectivity index (χ0v) is 30.5. The molecule has 0 unspecified atom stereocenters. The minimum Gasteiger partial charge on any atom is -0.478 e. The third kappa shape index (κ3) is 11.5. The first-order chi connectivity index (χ1) is 23.3. The monoisotopic (exact) mass is 750 g/mol. The van der Waals surface area contributed by atoms with Crippen LogP contribution in [0.1, 0.15) is 76.5 Å². The van der Waals surface area contributed by atoms with Gasteiger partial charge in [-0.15, -0.1) is 0 Å². The van der Waals surface area contributed by atoms with Crippen molar-refractivity contribution in [2.24, 2.45) is 0 Å². The van der Waals surface area contributed by atoms with Gasteiger partial charge in [0.15, 0.2) is 0 Å². The second-order valence-electron chi connectivity index (χ2n) is 11.1. The maximum Gasteiger partial charge on any atom is 0.336 e. The summed E-state index contributed by atoms with van der Waals surface area (Å²) in [5, 5.41) is 31.9. The summed E-state index contributed by atoms with van der Waals surface area (Å²) in [7, 11) is 0. The van der Waals surface area contributed by atoms with E-state index in [1.807, 2.05) is 91.0 Å². The summed E-state index contributed by atoms with van der Waals surface area (Å²) in [4.78, 5) is 32.4. The van der Waals surface area contributed by atoms with E-state index in [0.29, 0.717) is 16.7 Å². The largest absolute Gasteiger partial charge is 0.478 e. The van der Waals surface area contributed by atoms with Crippen molar-refractivity contribution in [1.82, 2.24) is 0 Å². The van der Waals surface area contributed by atoms with Crippen molar-refractivity contribution in [2.75, 3.05) is 0 Å². The first kappa shape index (κ1) is 37.8. The van der Waals surface area contributed by atoms with E-state index in [2.05, 4.69) is 6.92 Å². The van der Waals surface area contributed by atoms with E-state index in [9.17, 15) is 14.4 Å². The average Bonchev–Trinajstić information content (AvgIpc) is 3.11. The fourth-order valence-electron chi connectivity index (χ4n) is 5.16. The summed E-state index contributed by atoms with van der Waals surface area (Å²) in [5.74, 6) is -2.63. The number of aromatic carboxylic acids is 3. The van der Waals surface area contributed by atoms with Crippen molar-refractivity contribution in [3.05, 3.63) is 144 Å². The molecule has 6 aromatic rings. The van der Waals surface area contributed by atoms with Crippen LogP contribution >= 0.6 is 0 Å². The van der Waals surface area contributed by atoms with Gasteiger partial charge in [-0.3, -0.25) is 0 Å². The number of benzene rings is 6. The van der Waals surface area contributed by atoms with Crippen LogP contribution in [0.15, 0.2) is 127 Å². The molecule has 7 heteroatoms. The molecular formula is C41H42O6Sn.